The van der Waals surface area contributed by atoms with Crippen LogP contribution in [0.5, 0.6) is 0 Å². The third-order valence-corrected chi connectivity index (χ3v) is 1.04. The van der Waals surface area contributed by atoms with Gasteiger partial charge in [0.1, 0.15) is 0 Å². The number of carbonyl (C=O) groups is 1. The van der Waals surface area contributed by atoms with Crippen LogP contribution >= 0.6 is 0 Å². The van der Waals surface area contributed by atoms with Gasteiger partial charge in [0.05, 0.1) is 0 Å². The van der Waals surface area contributed by atoms with Crippen LogP contribution in [0.4, 0.5) is 0 Å². The Labute approximate surface area is 51.0 Å². The van der Waals surface area contributed by atoms with Gasteiger partial charge in [-0.1, -0.05) is 0 Å². The van der Waals surface area contributed by atoms with Crippen LogP contribution in [0, 0.1) is 0 Å². The second kappa shape index (κ2) is 3.64. The zero-order valence-corrected chi connectivity index (χ0v) is 6.06. The van der Waals surface area contributed by atoms with Crippen molar-refractivity contribution in [1.82, 2.24) is 0 Å². The Bertz CT molecular complexity index is 51.5. The van der Waals surface area contributed by atoms with Crippen molar-refractivity contribution in [2.24, 2.45) is 0 Å². The van der Waals surface area contributed by atoms with Gasteiger partial charge in [-0.05, 0) is 0 Å². The molecule has 0 amide bonds. The molecule has 0 aromatic rings. The molecule has 0 aliphatic rings. The molecule has 0 N–H and O–H groups in total. The fourth-order valence-corrected chi connectivity index (χ4v) is 0.787. The molecular formula is C4H7OTe. The van der Waals surface area contributed by atoms with Gasteiger partial charge in [0.15, 0.2) is 0 Å². The Morgan fingerprint density at radius 1 is 1.83 bits per heavy atom. The van der Waals surface area contributed by atoms with Crippen LogP contribution in [0.2, 0.25) is 0 Å². The van der Waals surface area contributed by atoms with Crippen LogP contribution in [0.1, 0.15) is 19.8 Å². The van der Waals surface area contributed by atoms with Crippen LogP contribution in [-0.2, 0) is 4.79 Å². The van der Waals surface area contributed by atoms with Gasteiger partial charge in [0, 0.05) is 0 Å². The fourth-order valence-electron chi connectivity index (χ4n) is 0.204. The molecule has 0 saturated heterocycles. The second-order valence-corrected chi connectivity index (χ2v) is 2.42. The van der Waals surface area contributed by atoms with Gasteiger partial charge in [0.25, 0.3) is 0 Å². The molecule has 35 valence electrons. The van der Waals surface area contributed by atoms with Crippen LogP contribution in [0.25, 0.3) is 0 Å². The molecule has 0 spiro atoms. The summed E-state index contributed by atoms with van der Waals surface area (Å²) >= 11 is 1.55. The third-order valence-electron chi connectivity index (χ3n) is 0.454. The Hall–Kier alpha value is 0.460. The molecule has 1 radical (unpaired) electrons. The molecule has 2 heteroatoms. The summed E-state index contributed by atoms with van der Waals surface area (Å²) in [6.45, 7) is 2.00. The van der Waals surface area contributed by atoms with Crippen molar-refractivity contribution < 1.29 is 4.79 Å². The summed E-state index contributed by atoms with van der Waals surface area (Å²) in [6.07, 6.45) is 1.72. The van der Waals surface area contributed by atoms with E-state index in [9.17, 15) is 4.79 Å². The van der Waals surface area contributed by atoms with Crippen molar-refractivity contribution in [2.75, 3.05) is 0 Å². The summed E-state index contributed by atoms with van der Waals surface area (Å²) in [6, 6.07) is 0. The van der Waals surface area contributed by atoms with Gasteiger partial charge < -0.3 is 0 Å². The quantitative estimate of drug-likeness (QED) is 0.590. The zero-order chi connectivity index (χ0) is 4.99. The molecule has 0 atom stereocenters. The molecule has 0 aliphatic heterocycles. The average molecular weight is 199 g/mol. The predicted octanol–water partition coefficient (Wildman–Crippen LogP) is 0.482. The SMILES string of the molecule is CCCC(=O)[Te]. The van der Waals surface area contributed by atoms with E-state index in [4.69, 9.17) is 0 Å². The van der Waals surface area contributed by atoms with E-state index in [1.807, 2.05) is 6.92 Å². The number of carbonyl (C=O) groups excluding carboxylic acids is 1. The molecular weight excluding hydrogens is 192 g/mol. The van der Waals surface area contributed by atoms with Gasteiger partial charge in [-0.15, -0.1) is 0 Å². The maximum atomic E-state index is 10.0. The zero-order valence-electron chi connectivity index (χ0n) is 3.73. The molecule has 1 nitrogen and oxygen atoms in total. The minimum absolute atomic E-state index is 0.299. The van der Waals surface area contributed by atoms with Crippen LogP contribution in [0.3, 0.4) is 0 Å². The average Bonchev–Trinajstić information content (AvgIpc) is 1.35. The van der Waals surface area contributed by atoms with Gasteiger partial charge >= 0.3 is 50.7 Å². The standard InChI is InChI=1S/C4H7OTe/c1-2-3-4(5)6/h2-3H2,1H3. The summed E-state index contributed by atoms with van der Waals surface area (Å²) < 4.78 is 0.299. The van der Waals surface area contributed by atoms with E-state index in [0.29, 0.717) is 3.83 Å². The fraction of sp³-hybridized carbons (Fsp3) is 0.750. The Balaban J connectivity index is 2.83. The first-order valence-corrected chi connectivity index (χ1v) is 3.13. The predicted molar refractivity (Wildman–Crippen MR) is 25.7 cm³/mol. The van der Waals surface area contributed by atoms with Crippen molar-refractivity contribution in [2.45, 2.75) is 19.8 Å². The van der Waals surface area contributed by atoms with Crippen LogP contribution < -0.4 is 0 Å². The van der Waals surface area contributed by atoms with Gasteiger partial charge in [-0.3, -0.25) is 0 Å². The molecule has 0 saturated carbocycles. The molecule has 0 aromatic heterocycles. The van der Waals surface area contributed by atoms with Crippen molar-refractivity contribution >= 4 is 26.1 Å². The third kappa shape index (κ3) is 4.46. The van der Waals surface area contributed by atoms with E-state index < -0.39 is 0 Å². The Morgan fingerprint density at radius 2 is 2.33 bits per heavy atom. The number of hydrogen-bond acceptors (Lipinski definition) is 1. The van der Waals surface area contributed by atoms with E-state index in [1.165, 1.54) is 0 Å². The molecule has 0 heterocycles. The van der Waals surface area contributed by atoms with Crippen molar-refractivity contribution in [3.8, 4) is 0 Å². The van der Waals surface area contributed by atoms with Crippen molar-refractivity contribution in [1.29, 1.82) is 0 Å². The van der Waals surface area contributed by atoms with Crippen LogP contribution in [0.15, 0.2) is 0 Å². The van der Waals surface area contributed by atoms with Gasteiger partial charge in [0.2, 0.25) is 0 Å². The normalized spacial score (nSPS) is 8.17. The van der Waals surface area contributed by atoms with Crippen LogP contribution in [-0.4, -0.2) is 26.1 Å². The van der Waals surface area contributed by atoms with Crippen molar-refractivity contribution in [3.63, 3.8) is 0 Å². The van der Waals surface area contributed by atoms with E-state index in [1.54, 1.807) is 22.3 Å². The topological polar surface area (TPSA) is 17.1 Å². The Kier molecular flexibility index (Phi) is 3.92. The maximum absolute atomic E-state index is 10.0. The molecule has 0 aliphatic carbocycles. The molecule has 6 heavy (non-hydrogen) atoms. The van der Waals surface area contributed by atoms with E-state index in [2.05, 4.69) is 0 Å². The van der Waals surface area contributed by atoms with Crippen molar-refractivity contribution in [3.05, 3.63) is 0 Å². The van der Waals surface area contributed by atoms with Gasteiger partial charge in [-0.2, -0.15) is 0 Å². The molecule has 0 unspecified atom stereocenters. The minimum atomic E-state index is 0.299. The summed E-state index contributed by atoms with van der Waals surface area (Å²) in [7, 11) is 0. The van der Waals surface area contributed by atoms with E-state index in [0.717, 1.165) is 12.8 Å². The summed E-state index contributed by atoms with van der Waals surface area (Å²) in [4.78, 5) is 10.0. The molecule has 0 rings (SSSR count). The second-order valence-electron chi connectivity index (χ2n) is 1.12. The molecule has 0 fully saturated rings. The van der Waals surface area contributed by atoms with E-state index in [-0.39, 0.29) is 0 Å². The molecule has 0 aromatic carbocycles. The first-order valence-electron chi connectivity index (χ1n) is 1.97. The first-order chi connectivity index (χ1) is 2.77. The number of hydrogen-bond donors (Lipinski definition) is 0. The summed E-state index contributed by atoms with van der Waals surface area (Å²) in [5.74, 6) is 0. The number of rotatable bonds is 2. The van der Waals surface area contributed by atoms with E-state index >= 15 is 0 Å². The monoisotopic (exact) mass is 201 g/mol. The first kappa shape index (κ1) is 6.46. The Morgan fingerprint density at radius 3 is 2.33 bits per heavy atom. The summed E-state index contributed by atoms with van der Waals surface area (Å²) in [5.41, 5.74) is 0. The summed E-state index contributed by atoms with van der Waals surface area (Å²) in [5, 5.41) is 0. The van der Waals surface area contributed by atoms with Gasteiger partial charge in [-0.25, -0.2) is 0 Å². The molecule has 0 bridgehead atoms.